The van der Waals surface area contributed by atoms with Crippen molar-refractivity contribution in [3.63, 3.8) is 0 Å². The van der Waals surface area contributed by atoms with Gasteiger partial charge >= 0.3 is 0 Å². The monoisotopic (exact) mass is 315 g/mol. The summed E-state index contributed by atoms with van der Waals surface area (Å²) in [6.45, 7) is 0.881. The number of carbonyl (C=O) groups is 1. The van der Waals surface area contributed by atoms with Gasteiger partial charge in [-0.05, 0) is 29.6 Å². The molecule has 0 spiro atoms. The molecule has 4 nitrogen and oxygen atoms in total. The van der Waals surface area contributed by atoms with E-state index in [2.05, 4.69) is 17.2 Å². The maximum Gasteiger partial charge on any atom is 0.250 e. The first kappa shape index (κ1) is 16.2. The van der Waals surface area contributed by atoms with Crippen molar-refractivity contribution >= 4 is 22.9 Å². The van der Waals surface area contributed by atoms with Crippen LogP contribution < -0.4 is 5.32 Å². The lowest BCUT2D eigenvalue weighted by atomic mass is 10.2. The molecule has 5 heteroatoms. The van der Waals surface area contributed by atoms with Gasteiger partial charge in [-0.15, -0.1) is 11.3 Å². The van der Waals surface area contributed by atoms with E-state index in [4.69, 9.17) is 9.47 Å². The largest absolute Gasteiger partial charge is 0.382 e. The first-order chi connectivity index (χ1) is 10.8. The summed E-state index contributed by atoms with van der Waals surface area (Å²) in [5.41, 5.74) is 1.56. The second kappa shape index (κ2) is 9.00. The molecule has 114 valence electrons. The number of methoxy groups -OCH3 is 1. The Morgan fingerprint density at radius 2 is 2.14 bits per heavy atom. The van der Waals surface area contributed by atoms with Crippen molar-refractivity contribution in [2.75, 3.05) is 32.2 Å². The van der Waals surface area contributed by atoms with Gasteiger partial charge in [-0.3, -0.25) is 4.79 Å². The van der Waals surface area contributed by atoms with Crippen LogP contribution in [-0.4, -0.2) is 32.8 Å². The van der Waals surface area contributed by atoms with E-state index in [-0.39, 0.29) is 12.5 Å². The van der Waals surface area contributed by atoms with Crippen molar-refractivity contribution in [3.8, 4) is 11.8 Å². The summed E-state index contributed by atoms with van der Waals surface area (Å²) >= 11 is 1.60. The quantitative estimate of drug-likeness (QED) is 0.659. The average molecular weight is 315 g/mol. The summed E-state index contributed by atoms with van der Waals surface area (Å²) in [7, 11) is 1.59. The molecule has 1 amide bonds. The number of anilines is 1. The molecule has 0 radical (unpaired) electrons. The van der Waals surface area contributed by atoms with E-state index in [1.54, 1.807) is 18.4 Å². The van der Waals surface area contributed by atoms with Crippen LogP contribution >= 0.6 is 11.3 Å². The Labute approximate surface area is 134 Å². The first-order valence-electron chi connectivity index (χ1n) is 6.80. The molecule has 1 heterocycles. The second-order valence-corrected chi connectivity index (χ2v) is 5.35. The molecular weight excluding hydrogens is 298 g/mol. The molecule has 2 aromatic rings. The Balaban J connectivity index is 1.89. The van der Waals surface area contributed by atoms with Gasteiger partial charge in [-0.25, -0.2) is 0 Å². The number of hydrogen-bond donors (Lipinski definition) is 1. The van der Waals surface area contributed by atoms with E-state index in [1.807, 2.05) is 41.8 Å². The van der Waals surface area contributed by atoms with Crippen molar-refractivity contribution in [2.24, 2.45) is 0 Å². The zero-order valence-electron chi connectivity index (χ0n) is 12.3. The molecule has 0 aliphatic rings. The van der Waals surface area contributed by atoms with Crippen LogP contribution in [0.15, 0.2) is 41.8 Å². The molecule has 1 N–H and O–H groups in total. The minimum absolute atomic E-state index is 0.00839. The molecule has 1 aromatic heterocycles. The van der Waals surface area contributed by atoms with E-state index in [0.29, 0.717) is 18.9 Å². The third-order valence-corrected chi connectivity index (χ3v) is 3.45. The van der Waals surface area contributed by atoms with E-state index in [9.17, 15) is 4.79 Å². The van der Waals surface area contributed by atoms with Crippen LogP contribution in [0.4, 0.5) is 5.69 Å². The second-order valence-electron chi connectivity index (χ2n) is 4.40. The molecule has 1 aromatic carbocycles. The Morgan fingerprint density at radius 3 is 2.91 bits per heavy atom. The first-order valence-corrected chi connectivity index (χ1v) is 7.68. The average Bonchev–Trinajstić information content (AvgIpc) is 3.03. The zero-order chi connectivity index (χ0) is 15.6. The maximum atomic E-state index is 11.7. The van der Waals surface area contributed by atoms with Gasteiger partial charge in [0.1, 0.15) is 6.61 Å². The summed E-state index contributed by atoms with van der Waals surface area (Å²) in [6.07, 6.45) is 0. The number of carbonyl (C=O) groups excluding carboxylic acids is 1. The smallest absolute Gasteiger partial charge is 0.250 e. The third kappa shape index (κ3) is 5.70. The Morgan fingerprint density at radius 1 is 1.23 bits per heavy atom. The number of benzene rings is 1. The van der Waals surface area contributed by atoms with Crippen LogP contribution in [0.1, 0.15) is 10.4 Å². The van der Waals surface area contributed by atoms with Crippen LogP contribution in [0.3, 0.4) is 0 Å². The van der Waals surface area contributed by atoms with Gasteiger partial charge in [0.15, 0.2) is 0 Å². The SMILES string of the molecule is COCCOCC(=O)Nc1cccc(C#Cc2cccs2)c1. The van der Waals surface area contributed by atoms with E-state index < -0.39 is 0 Å². The topological polar surface area (TPSA) is 47.6 Å². The lowest BCUT2D eigenvalue weighted by Gasteiger charge is -2.06. The summed E-state index contributed by atoms with van der Waals surface area (Å²) in [5, 5.41) is 4.77. The fourth-order valence-electron chi connectivity index (χ4n) is 1.66. The van der Waals surface area contributed by atoms with Crippen LogP contribution in [-0.2, 0) is 14.3 Å². The highest BCUT2D eigenvalue weighted by Crippen LogP contribution is 2.11. The Hall–Kier alpha value is -2.13. The van der Waals surface area contributed by atoms with Gasteiger partial charge < -0.3 is 14.8 Å². The van der Waals surface area contributed by atoms with Crippen LogP contribution in [0, 0.1) is 11.8 Å². The fourth-order valence-corrected chi connectivity index (χ4v) is 2.23. The number of hydrogen-bond acceptors (Lipinski definition) is 4. The standard InChI is InChI=1S/C17H17NO3S/c1-20-9-10-21-13-17(19)18-15-5-2-4-14(12-15)7-8-16-6-3-11-22-16/h2-6,11-12H,9-10,13H2,1H3,(H,18,19). The summed E-state index contributed by atoms with van der Waals surface area (Å²) in [6, 6.07) is 11.4. The number of thiophene rings is 1. The Bertz CT molecular complexity index is 656. The summed E-state index contributed by atoms with van der Waals surface area (Å²) < 4.78 is 10.0. The Kier molecular flexibility index (Phi) is 6.65. The predicted octanol–water partition coefficient (Wildman–Crippen LogP) is 2.75. The van der Waals surface area contributed by atoms with Crippen LogP contribution in [0.2, 0.25) is 0 Å². The molecule has 0 aliphatic carbocycles. The van der Waals surface area contributed by atoms with Gasteiger partial charge in [0.25, 0.3) is 0 Å². The molecule has 22 heavy (non-hydrogen) atoms. The molecule has 0 unspecified atom stereocenters. The molecule has 0 fully saturated rings. The number of nitrogens with one attached hydrogen (secondary N) is 1. The van der Waals surface area contributed by atoms with E-state index >= 15 is 0 Å². The van der Waals surface area contributed by atoms with Crippen molar-refractivity contribution in [2.45, 2.75) is 0 Å². The van der Waals surface area contributed by atoms with Crippen molar-refractivity contribution < 1.29 is 14.3 Å². The lowest BCUT2D eigenvalue weighted by molar-refractivity contribution is -0.121. The molecule has 0 saturated heterocycles. The molecule has 0 atom stereocenters. The number of amides is 1. The van der Waals surface area contributed by atoms with Gasteiger partial charge in [0, 0.05) is 18.4 Å². The zero-order valence-corrected chi connectivity index (χ0v) is 13.1. The summed E-state index contributed by atoms with van der Waals surface area (Å²) in [4.78, 5) is 12.7. The number of rotatable bonds is 6. The van der Waals surface area contributed by atoms with Crippen molar-refractivity contribution in [1.29, 1.82) is 0 Å². The number of ether oxygens (including phenoxy) is 2. The minimum atomic E-state index is -0.195. The summed E-state index contributed by atoms with van der Waals surface area (Å²) in [5.74, 6) is 5.97. The van der Waals surface area contributed by atoms with Gasteiger partial charge in [-0.2, -0.15) is 0 Å². The maximum absolute atomic E-state index is 11.7. The molecular formula is C17H17NO3S. The molecule has 0 saturated carbocycles. The van der Waals surface area contributed by atoms with E-state index in [0.717, 1.165) is 10.4 Å². The van der Waals surface area contributed by atoms with Gasteiger partial charge in [0.2, 0.25) is 5.91 Å². The normalized spacial score (nSPS) is 9.86. The van der Waals surface area contributed by atoms with Crippen molar-refractivity contribution in [3.05, 3.63) is 52.2 Å². The highest BCUT2D eigenvalue weighted by atomic mass is 32.1. The minimum Gasteiger partial charge on any atom is -0.382 e. The van der Waals surface area contributed by atoms with Crippen molar-refractivity contribution in [1.82, 2.24) is 0 Å². The predicted molar refractivity (Wildman–Crippen MR) is 88.1 cm³/mol. The highest BCUT2D eigenvalue weighted by molar-refractivity contribution is 7.10. The van der Waals surface area contributed by atoms with E-state index in [1.165, 1.54) is 0 Å². The van der Waals surface area contributed by atoms with Crippen LogP contribution in [0.25, 0.3) is 0 Å². The van der Waals surface area contributed by atoms with Crippen LogP contribution in [0.5, 0.6) is 0 Å². The highest BCUT2D eigenvalue weighted by Gasteiger charge is 2.02. The van der Waals surface area contributed by atoms with Gasteiger partial charge in [-0.1, -0.05) is 24.0 Å². The molecule has 0 aliphatic heterocycles. The molecule has 0 bridgehead atoms. The fraction of sp³-hybridized carbons (Fsp3) is 0.235. The lowest BCUT2D eigenvalue weighted by Crippen LogP contribution is -2.19. The third-order valence-electron chi connectivity index (χ3n) is 2.66. The van der Waals surface area contributed by atoms with Gasteiger partial charge in [0.05, 0.1) is 18.1 Å². The molecule has 2 rings (SSSR count).